The number of hydrogen-bond acceptors (Lipinski definition) is 2. The summed E-state index contributed by atoms with van der Waals surface area (Å²) in [6.07, 6.45) is 4.37. The predicted molar refractivity (Wildman–Crippen MR) is 70.0 cm³/mol. The van der Waals surface area contributed by atoms with E-state index in [1.165, 1.54) is 0 Å². The van der Waals surface area contributed by atoms with Crippen LogP contribution in [0.4, 0.5) is 0 Å². The minimum absolute atomic E-state index is 0.243. The smallest absolute Gasteiger partial charge is 0.225 e. The first-order valence-corrected chi connectivity index (χ1v) is 6.00. The number of primary amides is 1. The average molecular weight is 243 g/mol. The van der Waals surface area contributed by atoms with Crippen molar-refractivity contribution in [2.75, 3.05) is 0 Å². The molecule has 0 fully saturated rings. The van der Waals surface area contributed by atoms with Gasteiger partial charge in [-0.05, 0) is 18.9 Å². The topological polar surface area (TPSA) is 60.9 Å². The lowest BCUT2D eigenvalue weighted by molar-refractivity contribution is -0.119. The van der Waals surface area contributed by atoms with Crippen LogP contribution in [0.25, 0.3) is 0 Å². The lowest BCUT2D eigenvalue weighted by atomic mass is 9.95. The van der Waals surface area contributed by atoms with E-state index >= 15 is 0 Å². The van der Waals surface area contributed by atoms with Crippen molar-refractivity contribution in [3.8, 4) is 0 Å². The van der Waals surface area contributed by atoms with Crippen LogP contribution in [-0.4, -0.2) is 15.5 Å². The third-order valence-corrected chi connectivity index (χ3v) is 3.13. The molecule has 0 saturated carbocycles. The van der Waals surface area contributed by atoms with Gasteiger partial charge in [-0.1, -0.05) is 30.3 Å². The quantitative estimate of drug-likeness (QED) is 0.871. The zero-order valence-corrected chi connectivity index (χ0v) is 10.4. The number of aryl methyl sites for hydroxylation is 2. The number of benzene rings is 1. The minimum Gasteiger partial charge on any atom is -0.369 e. The number of imidazole rings is 1. The average Bonchev–Trinajstić information content (AvgIpc) is 2.76. The second-order valence-corrected chi connectivity index (χ2v) is 4.32. The van der Waals surface area contributed by atoms with E-state index in [9.17, 15) is 4.79 Å². The van der Waals surface area contributed by atoms with Gasteiger partial charge in [0.15, 0.2) is 0 Å². The molecule has 1 unspecified atom stereocenters. The van der Waals surface area contributed by atoms with Crippen LogP contribution < -0.4 is 5.73 Å². The Hall–Kier alpha value is -2.10. The summed E-state index contributed by atoms with van der Waals surface area (Å²) in [6, 6.07) is 9.66. The molecule has 1 aromatic heterocycles. The Kier molecular flexibility index (Phi) is 3.77. The maximum atomic E-state index is 11.5. The van der Waals surface area contributed by atoms with Crippen LogP contribution in [0.5, 0.6) is 0 Å². The molecule has 1 aromatic carbocycles. The van der Waals surface area contributed by atoms with E-state index in [4.69, 9.17) is 5.73 Å². The second kappa shape index (κ2) is 5.49. The standard InChI is InChI=1S/C14H17N3O/c1-11-16-8-10-17(11)9-7-13(14(15)18)12-5-3-2-4-6-12/h2-6,8,10,13H,7,9H2,1H3,(H2,15,18). The zero-order valence-electron chi connectivity index (χ0n) is 10.4. The fourth-order valence-electron chi connectivity index (χ4n) is 2.07. The summed E-state index contributed by atoms with van der Waals surface area (Å²) in [6.45, 7) is 2.69. The van der Waals surface area contributed by atoms with Crippen molar-refractivity contribution < 1.29 is 4.79 Å². The third kappa shape index (κ3) is 2.77. The van der Waals surface area contributed by atoms with Crippen LogP contribution in [-0.2, 0) is 11.3 Å². The summed E-state index contributed by atoms with van der Waals surface area (Å²) in [5, 5.41) is 0. The molecule has 1 atom stereocenters. The van der Waals surface area contributed by atoms with Crippen LogP contribution in [0.3, 0.4) is 0 Å². The van der Waals surface area contributed by atoms with E-state index in [0.717, 1.165) is 17.9 Å². The Balaban J connectivity index is 2.09. The summed E-state index contributed by atoms with van der Waals surface area (Å²) < 4.78 is 2.03. The third-order valence-electron chi connectivity index (χ3n) is 3.13. The van der Waals surface area contributed by atoms with Gasteiger partial charge in [-0.25, -0.2) is 4.98 Å². The van der Waals surface area contributed by atoms with E-state index in [0.29, 0.717) is 6.42 Å². The van der Waals surface area contributed by atoms with Crippen LogP contribution >= 0.6 is 0 Å². The molecule has 4 nitrogen and oxygen atoms in total. The highest BCUT2D eigenvalue weighted by molar-refractivity contribution is 5.81. The first-order valence-electron chi connectivity index (χ1n) is 6.00. The molecule has 1 heterocycles. The fraction of sp³-hybridized carbons (Fsp3) is 0.286. The molecule has 1 amide bonds. The first-order chi connectivity index (χ1) is 8.68. The van der Waals surface area contributed by atoms with Gasteiger partial charge in [-0.15, -0.1) is 0 Å². The van der Waals surface area contributed by atoms with Gasteiger partial charge in [0.2, 0.25) is 5.91 Å². The second-order valence-electron chi connectivity index (χ2n) is 4.32. The van der Waals surface area contributed by atoms with Crippen LogP contribution in [0.1, 0.15) is 23.7 Å². The van der Waals surface area contributed by atoms with Crippen LogP contribution in [0.15, 0.2) is 42.7 Å². The number of amides is 1. The first kappa shape index (κ1) is 12.4. The maximum absolute atomic E-state index is 11.5. The predicted octanol–water partition coefficient (Wildman–Crippen LogP) is 1.85. The van der Waals surface area contributed by atoms with Crippen LogP contribution in [0, 0.1) is 6.92 Å². The summed E-state index contributed by atoms with van der Waals surface area (Å²) in [4.78, 5) is 15.7. The van der Waals surface area contributed by atoms with Crippen LogP contribution in [0.2, 0.25) is 0 Å². The molecule has 0 aliphatic heterocycles. The largest absolute Gasteiger partial charge is 0.369 e. The van der Waals surface area contributed by atoms with E-state index in [1.54, 1.807) is 6.20 Å². The highest BCUT2D eigenvalue weighted by Crippen LogP contribution is 2.20. The van der Waals surface area contributed by atoms with Crippen molar-refractivity contribution in [3.05, 3.63) is 54.1 Å². The minimum atomic E-state index is -0.279. The molecule has 0 bridgehead atoms. The van der Waals surface area contributed by atoms with Gasteiger partial charge in [0, 0.05) is 18.9 Å². The monoisotopic (exact) mass is 243 g/mol. The number of nitrogens with zero attached hydrogens (tertiary/aromatic N) is 2. The maximum Gasteiger partial charge on any atom is 0.225 e. The number of hydrogen-bond donors (Lipinski definition) is 1. The van der Waals surface area contributed by atoms with Gasteiger partial charge in [-0.2, -0.15) is 0 Å². The van der Waals surface area contributed by atoms with Crippen molar-refractivity contribution in [1.82, 2.24) is 9.55 Å². The molecule has 0 spiro atoms. The van der Waals surface area contributed by atoms with E-state index < -0.39 is 0 Å². The van der Waals surface area contributed by atoms with Crippen molar-refractivity contribution in [2.24, 2.45) is 5.73 Å². The molecule has 4 heteroatoms. The SMILES string of the molecule is Cc1nccn1CCC(C(N)=O)c1ccccc1. The Morgan fingerprint density at radius 1 is 1.39 bits per heavy atom. The zero-order chi connectivity index (χ0) is 13.0. The van der Waals surface area contributed by atoms with E-state index in [1.807, 2.05) is 48.0 Å². The Morgan fingerprint density at radius 3 is 2.67 bits per heavy atom. The van der Waals surface area contributed by atoms with Crippen molar-refractivity contribution >= 4 is 5.91 Å². The molecule has 2 rings (SSSR count). The van der Waals surface area contributed by atoms with Crippen molar-refractivity contribution in [3.63, 3.8) is 0 Å². The van der Waals surface area contributed by atoms with Gasteiger partial charge in [0.25, 0.3) is 0 Å². The molecule has 0 radical (unpaired) electrons. The molecule has 2 aromatic rings. The van der Waals surface area contributed by atoms with Gasteiger partial charge >= 0.3 is 0 Å². The number of carbonyl (C=O) groups excluding carboxylic acids is 1. The fourth-order valence-corrected chi connectivity index (χ4v) is 2.07. The normalized spacial score (nSPS) is 12.3. The molecule has 0 aliphatic rings. The number of nitrogens with two attached hydrogens (primary N) is 1. The number of aromatic nitrogens is 2. The highest BCUT2D eigenvalue weighted by Gasteiger charge is 2.17. The Morgan fingerprint density at radius 2 is 2.11 bits per heavy atom. The number of carbonyl (C=O) groups is 1. The lowest BCUT2D eigenvalue weighted by Gasteiger charge is -2.14. The Labute approximate surface area is 106 Å². The van der Waals surface area contributed by atoms with E-state index in [2.05, 4.69) is 4.98 Å². The molecule has 18 heavy (non-hydrogen) atoms. The molecule has 94 valence electrons. The van der Waals surface area contributed by atoms with Crippen molar-refractivity contribution in [1.29, 1.82) is 0 Å². The van der Waals surface area contributed by atoms with Gasteiger partial charge in [0.1, 0.15) is 5.82 Å². The summed E-state index contributed by atoms with van der Waals surface area (Å²) in [5.74, 6) is 0.429. The van der Waals surface area contributed by atoms with Gasteiger partial charge in [-0.3, -0.25) is 4.79 Å². The number of rotatable bonds is 5. The molecule has 0 aliphatic carbocycles. The lowest BCUT2D eigenvalue weighted by Crippen LogP contribution is -2.22. The van der Waals surface area contributed by atoms with Gasteiger partial charge < -0.3 is 10.3 Å². The molecular weight excluding hydrogens is 226 g/mol. The Bertz CT molecular complexity index is 519. The summed E-state index contributed by atoms with van der Waals surface area (Å²) >= 11 is 0. The molecule has 2 N–H and O–H groups in total. The highest BCUT2D eigenvalue weighted by atomic mass is 16.1. The van der Waals surface area contributed by atoms with Crippen molar-refractivity contribution in [2.45, 2.75) is 25.8 Å². The van der Waals surface area contributed by atoms with Gasteiger partial charge in [0.05, 0.1) is 5.92 Å². The van der Waals surface area contributed by atoms with E-state index in [-0.39, 0.29) is 11.8 Å². The molecule has 0 saturated heterocycles. The summed E-state index contributed by atoms with van der Waals surface area (Å²) in [5.41, 5.74) is 6.46. The molecular formula is C14H17N3O. The summed E-state index contributed by atoms with van der Waals surface area (Å²) in [7, 11) is 0.